The summed E-state index contributed by atoms with van der Waals surface area (Å²) in [6.45, 7) is 2.25. The molecule has 1 aromatic carbocycles. The van der Waals surface area contributed by atoms with Crippen LogP contribution in [-0.2, 0) is 9.59 Å². The second kappa shape index (κ2) is 6.46. The first-order valence-corrected chi connectivity index (χ1v) is 6.91. The highest BCUT2D eigenvalue weighted by molar-refractivity contribution is 5.95. The molecule has 2 rings (SSSR count). The van der Waals surface area contributed by atoms with Gasteiger partial charge in [0.2, 0.25) is 0 Å². The predicted molar refractivity (Wildman–Crippen MR) is 77.3 cm³/mol. The fourth-order valence-corrected chi connectivity index (χ4v) is 2.48. The second-order valence-corrected chi connectivity index (χ2v) is 5.41. The topological polar surface area (TPSA) is 110 Å². The molecule has 1 fully saturated rings. The first kappa shape index (κ1) is 15.8. The number of carbonyl (C=O) groups excluding carboxylic acids is 2. The minimum atomic E-state index is -0.877. The quantitative estimate of drug-likeness (QED) is 0.815. The number of ether oxygens (including phenoxy) is 1. The van der Waals surface area contributed by atoms with Crippen molar-refractivity contribution in [3.63, 3.8) is 0 Å². The molecule has 1 aromatic rings. The lowest BCUT2D eigenvalue weighted by Gasteiger charge is -2.16. The fraction of sp³-hybridized carbons (Fsp3) is 0.400. The van der Waals surface area contributed by atoms with E-state index in [9.17, 15) is 14.4 Å². The summed E-state index contributed by atoms with van der Waals surface area (Å²) in [5.74, 6) is -1.82. The van der Waals surface area contributed by atoms with Gasteiger partial charge in [-0.3, -0.25) is 14.4 Å². The van der Waals surface area contributed by atoms with Crippen LogP contribution in [0.4, 0.5) is 0 Å². The maximum Gasteiger partial charge on any atom is 0.308 e. The summed E-state index contributed by atoms with van der Waals surface area (Å²) in [5, 5.41) is 9.10. The monoisotopic (exact) mass is 306 g/mol. The number of nitrogens with two attached hydrogens (primary N) is 1. The third-order valence-electron chi connectivity index (χ3n) is 3.70. The summed E-state index contributed by atoms with van der Waals surface area (Å²) < 4.78 is 5.12. The highest BCUT2D eigenvalue weighted by Gasteiger charge is 2.37. The van der Waals surface area contributed by atoms with E-state index in [4.69, 9.17) is 15.6 Å². The van der Waals surface area contributed by atoms with Crippen LogP contribution < -0.4 is 10.5 Å². The Morgan fingerprint density at radius 3 is 2.41 bits per heavy atom. The zero-order valence-electron chi connectivity index (χ0n) is 12.2. The van der Waals surface area contributed by atoms with Crippen molar-refractivity contribution in [1.29, 1.82) is 0 Å². The van der Waals surface area contributed by atoms with E-state index in [-0.39, 0.29) is 25.0 Å². The van der Waals surface area contributed by atoms with E-state index in [2.05, 4.69) is 0 Å². The van der Waals surface area contributed by atoms with Crippen LogP contribution in [-0.4, -0.2) is 47.5 Å². The smallest absolute Gasteiger partial charge is 0.308 e. The molecule has 118 valence electrons. The van der Waals surface area contributed by atoms with Gasteiger partial charge in [0.15, 0.2) is 6.61 Å². The molecule has 1 aliphatic heterocycles. The lowest BCUT2D eigenvalue weighted by molar-refractivity contribution is -0.142. The lowest BCUT2D eigenvalue weighted by atomic mass is 9.99. The molecule has 0 spiro atoms. The summed E-state index contributed by atoms with van der Waals surface area (Å²) >= 11 is 0. The number of carboxylic acid groups (broad SMARTS) is 1. The van der Waals surface area contributed by atoms with Crippen LogP contribution >= 0.6 is 0 Å². The Labute approximate surface area is 127 Å². The van der Waals surface area contributed by atoms with Crippen molar-refractivity contribution in [2.75, 3.05) is 19.7 Å². The molecule has 7 nitrogen and oxygen atoms in total. The number of hydrogen-bond acceptors (Lipinski definition) is 4. The molecule has 2 atom stereocenters. The summed E-state index contributed by atoms with van der Waals surface area (Å²) in [7, 11) is 0. The predicted octanol–water partition coefficient (Wildman–Crippen LogP) is 0.343. The first-order chi connectivity index (χ1) is 10.4. The number of carboxylic acids is 1. The molecule has 0 saturated carbocycles. The zero-order chi connectivity index (χ0) is 16.3. The van der Waals surface area contributed by atoms with E-state index >= 15 is 0 Å². The molecular weight excluding hydrogens is 288 g/mol. The van der Waals surface area contributed by atoms with Crippen molar-refractivity contribution < 1.29 is 24.2 Å². The molecule has 22 heavy (non-hydrogen) atoms. The number of aliphatic carboxylic acids is 1. The Morgan fingerprint density at radius 2 is 1.91 bits per heavy atom. The van der Waals surface area contributed by atoms with Crippen LogP contribution in [0, 0.1) is 11.8 Å². The van der Waals surface area contributed by atoms with E-state index < -0.39 is 17.8 Å². The van der Waals surface area contributed by atoms with Gasteiger partial charge in [0.1, 0.15) is 5.75 Å². The molecule has 0 aromatic heterocycles. The Kier molecular flexibility index (Phi) is 4.65. The SMILES string of the molecule is C[C@@H]1CN(C(=O)c2ccc(OCC(N)=O)cc2)C[C@H]1C(=O)O. The average Bonchev–Trinajstić information content (AvgIpc) is 2.87. The van der Waals surface area contributed by atoms with Gasteiger partial charge < -0.3 is 20.5 Å². The molecule has 1 saturated heterocycles. The number of rotatable bonds is 5. The Balaban J connectivity index is 2.01. The van der Waals surface area contributed by atoms with E-state index in [1.807, 2.05) is 6.92 Å². The fourth-order valence-electron chi connectivity index (χ4n) is 2.48. The largest absolute Gasteiger partial charge is 0.484 e. The van der Waals surface area contributed by atoms with Gasteiger partial charge in [0.25, 0.3) is 11.8 Å². The van der Waals surface area contributed by atoms with Gasteiger partial charge in [-0.15, -0.1) is 0 Å². The molecule has 0 aliphatic carbocycles. The minimum Gasteiger partial charge on any atom is -0.484 e. The lowest BCUT2D eigenvalue weighted by Crippen LogP contribution is -2.29. The average molecular weight is 306 g/mol. The van der Waals surface area contributed by atoms with Crippen LogP contribution in [0.3, 0.4) is 0 Å². The van der Waals surface area contributed by atoms with Crippen molar-refractivity contribution in [3.05, 3.63) is 29.8 Å². The van der Waals surface area contributed by atoms with Gasteiger partial charge in [-0.25, -0.2) is 0 Å². The highest BCUT2D eigenvalue weighted by Crippen LogP contribution is 2.25. The van der Waals surface area contributed by atoms with Crippen LogP contribution in [0.2, 0.25) is 0 Å². The molecule has 0 unspecified atom stereocenters. The summed E-state index contributed by atoms with van der Waals surface area (Å²) in [4.78, 5) is 35.6. The molecule has 1 aliphatic rings. The number of primary amides is 1. The van der Waals surface area contributed by atoms with Crippen molar-refractivity contribution in [1.82, 2.24) is 4.90 Å². The van der Waals surface area contributed by atoms with E-state index in [0.29, 0.717) is 17.9 Å². The summed E-state index contributed by atoms with van der Waals surface area (Å²) in [5.41, 5.74) is 5.43. The second-order valence-electron chi connectivity index (χ2n) is 5.41. The Bertz CT molecular complexity index is 584. The molecular formula is C15H18N2O5. The Morgan fingerprint density at radius 1 is 1.27 bits per heavy atom. The molecule has 1 heterocycles. The maximum atomic E-state index is 12.4. The normalized spacial score (nSPS) is 20.7. The van der Waals surface area contributed by atoms with Gasteiger partial charge in [-0.2, -0.15) is 0 Å². The summed E-state index contributed by atoms with van der Waals surface area (Å²) in [6.07, 6.45) is 0. The zero-order valence-corrected chi connectivity index (χ0v) is 12.2. The maximum absolute atomic E-state index is 12.4. The van der Waals surface area contributed by atoms with Crippen LogP contribution in [0.15, 0.2) is 24.3 Å². The number of carbonyl (C=O) groups is 3. The number of benzene rings is 1. The van der Waals surface area contributed by atoms with Gasteiger partial charge >= 0.3 is 5.97 Å². The minimum absolute atomic E-state index is 0.0698. The number of amides is 2. The van der Waals surface area contributed by atoms with Gasteiger partial charge in [0.05, 0.1) is 5.92 Å². The standard InChI is InChI=1S/C15H18N2O5/c1-9-6-17(7-12(9)15(20)21)14(19)10-2-4-11(5-3-10)22-8-13(16)18/h2-5,9,12H,6-8H2,1H3,(H2,16,18)(H,20,21)/t9-,12-/m1/s1. The third kappa shape index (κ3) is 3.55. The number of nitrogens with zero attached hydrogens (tertiary/aromatic N) is 1. The first-order valence-electron chi connectivity index (χ1n) is 6.91. The third-order valence-corrected chi connectivity index (χ3v) is 3.70. The van der Waals surface area contributed by atoms with E-state index in [1.54, 1.807) is 29.2 Å². The number of hydrogen-bond donors (Lipinski definition) is 2. The highest BCUT2D eigenvalue weighted by atomic mass is 16.5. The van der Waals surface area contributed by atoms with Crippen LogP contribution in [0.25, 0.3) is 0 Å². The molecule has 3 N–H and O–H groups in total. The molecule has 7 heteroatoms. The van der Waals surface area contributed by atoms with Crippen molar-refractivity contribution in [2.24, 2.45) is 17.6 Å². The van der Waals surface area contributed by atoms with Crippen molar-refractivity contribution >= 4 is 17.8 Å². The van der Waals surface area contributed by atoms with Gasteiger partial charge in [-0.05, 0) is 30.2 Å². The molecule has 0 bridgehead atoms. The van der Waals surface area contributed by atoms with Gasteiger partial charge in [-0.1, -0.05) is 6.92 Å². The van der Waals surface area contributed by atoms with Crippen LogP contribution in [0.1, 0.15) is 17.3 Å². The number of likely N-dealkylation sites (tertiary alicyclic amines) is 1. The molecule has 0 radical (unpaired) electrons. The van der Waals surface area contributed by atoms with Crippen molar-refractivity contribution in [3.8, 4) is 5.75 Å². The van der Waals surface area contributed by atoms with Crippen LogP contribution in [0.5, 0.6) is 5.75 Å². The Hall–Kier alpha value is -2.57. The van der Waals surface area contributed by atoms with Gasteiger partial charge in [0, 0.05) is 18.7 Å². The van der Waals surface area contributed by atoms with Crippen molar-refractivity contribution in [2.45, 2.75) is 6.92 Å². The van der Waals surface area contributed by atoms with E-state index in [0.717, 1.165) is 0 Å². The van der Waals surface area contributed by atoms with E-state index in [1.165, 1.54) is 0 Å². The molecule has 2 amide bonds. The summed E-state index contributed by atoms with van der Waals surface area (Å²) in [6, 6.07) is 6.31.